The van der Waals surface area contributed by atoms with Gasteiger partial charge in [0, 0.05) is 12.8 Å². The van der Waals surface area contributed by atoms with E-state index in [2.05, 4.69) is 0 Å². The molecule has 0 fully saturated rings. The van der Waals surface area contributed by atoms with Crippen molar-refractivity contribution in [2.75, 3.05) is 6.61 Å². The summed E-state index contributed by atoms with van der Waals surface area (Å²) in [6.07, 6.45) is 4.00. The molecule has 3 nitrogen and oxygen atoms in total. The number of allylic oxidation sites excluding steroid dienone is 1. The lowest BCUT2D eigenvalue weighted by molar-refractivity contribution is -0.142. The van der Waals surface area contributed by atoms with Gasteiger partial charge < -0.3 is 9.84 Å². The van der Waals surface area contributed by atoms with Gasteiger partial charge in [0.1, 0.15) is 0 Å². The van der Waals surface area contributed by atoms with Crippen molar-refractivity contribution in [3.63, 3.8) is 0 Å². The Hall–Kier alpha value is -0.830. The Bertz CT molecular complexity index is 174. The third-order valence-corrected chi connectivity index (χ3v) is 1.76. The van der Waals surface area contributed by atoms with Gasteiger partial charge in [0.25, 0.3) is 0 Å². The summed E-state index contributed by atoms with van der Waals surface area (Å²) in [6, 6.07) is 0. The highest BCUT2D eigenvalue weighted by atomic mass is 16.5. The molecule has 0 aromatic rings. The van der Waals surface area contributed by atoms with Gasteiger partial charge in [-0.25, -0.2) is 0 Å². The molecule has 0 aliphatic heterocycles. The average molecular weight is 156 g/mol. The lowest BCUT2D eigenvalue weighted by atomic mass is 10.1. The van der Waals surface area contributed by atoms with Gasteiger partial charge in [-0.1, -0.05) is 12.2 Å². The van der Waals surface area contributed by atoms with Crippen molar-refractivity contribution in [3.8, 4) is 0 Å². The van der Waals surface area contributed by atoms with Crippen LogP contribution < -0.4 is 0 Å². The summed E-state index contributed by atoms with van der Waals surface area (Å²) < 4.78 is 4.76. The molecular weight excluding hydrogens is 144 g/mol. The van der Waals surface area contributed by atoms with Gasteiger partial charge in [0.2, 0.25) is 0 Å². The molecule has 1 aliphatic rings. The van der Waals surface area contributed by atoms with Crippen LogP contribution in [0.2, 0.25) is 0 Å². The van der Waals surface area contributed by atoms with E-state index in [1.807, 2.05) is 6.08 Å². The van der Waals surface area contributed by atoms with Crippen LogP contribution >= 0.6 is 0 Å². The molecule has 0 spiro atoms. The summed E-state index contributed by atoms with van der Waals surface area (Å²) in [5.41, 5.74) is 0. The molecule has 1 rings (SSSR count). The quantitative estimate of drug-likeness (QED) is 0.467. The molecule has 0 radical (unpaired) electrons. The number of hydrogen-bond acceptors (Lipinski definition) is 3. The minimum atomic E-state index is -0.436. The highest BCUT2D eigenvalue weighted by molar-refractivity contribution is 5.65. The van der Waals surface area contributed by atoms with Gasteiger partial charge in [-0.15, -0.1) is 0 Å². The van der Waals surface area contributed by atoms with E-state index in [-0.39, 0.29) is 11.9 Å². The molecule has 1 N–H and O–H groups in total. The Morgan fingerprint density at radius 2 is 2.55 bits per heavy atom. The molecule has 0 bridgehead atoms. The maximum atomic E-state index is 10.4. The van der Waals surface area contributed by atoms with Crippen molar-refractivity contribution in [2.24, 2.45) is 5.92 Å². The van der Waals surface area contributed by atoms with Crippen LogP contribution in [0.15, 0.2) is 12.2 Å². The van der Waals surface area contributed by atoms with E-state index >= 15 is 0 Å². The van der Waals surface area contributed by atoms with Crippen LogP contribution in [0.1, 0.15) is 13.3 Å². The van der Waals surface area contributed by atoms with Gasteiger partial charge >= 0.3 is 5.97 Å². The van der Waals surface area contributed by atoms with Crippen LogP contribution in [0.5, 0.6) is 0 Å². The smallest absolute Gasteiger partial charge is 0.302 e. The summed E-state index contributed by atoms with van der Waals surface area (Å²) in [5, 5.41) is 9.22. The molecule has 3 heteroatoms. The first kappa shape index (κ1) is 8.27. The van der Waals surface area contributed by atoms with E-state index in [1.54, 1.807) is 6.08 Å². The average Bonchev–Trinajstić information content (AvgIpc) is 2.31. The molecular formula is C8H12O3. The molecule has 0 heterocycles. The zero-order valence-corrected chi connectivity index (χ0v) is 6.49. The van der Waals surface area contributed by atoms with E-state index in [0.717, 1.165) is 6.42 Å². The number of carbonyl (C=O) groups excluding carboxylic acids is 1. The van der Waals surface area contributed by atoms with Crippen molar-refractivity contribution >= 4 is 5.97 Å². The lowest BCUT2D eigenvalue weighted by Crippen LogP contribution is -2.20. The summed E-state index contributed by atoms with van der Waals surface area (Å²) in [7, 11) is 0. The second kappa shape index (κ2) is 3.53. The molecule has 62 valence electrons. The molecule has 1 aliphatic carbocycles. The monoisotopic (exact) mass is 156 g/mol. The molecule has 0 aromatic heterocycles. The Morgan fingerprint density at radius 3 is 3.00 bits per heavy atom. The lowest BCUT2D eigenvalue weighted by Gasteiger charge is -2.12. The molecule has 0 aromatic carbocycles. The highest BCUT2D eigenvalue weighted by Gasteiger charge is 2.20. The van der Waals surface area contributed by atoms with E-state index < -0.39 is 6.10 Å². The molecule has 2 atom stereocenters. The standard InChI is InChI=1S/C8H12O3/c1-6(9)11-5-7-3-2-4-8(7)10/h2,4,7-8,10H,3,5H2,1H3/t7-,8+/m1/s1. The zero-order chi connectivity index (χ0) is 8.27. The SMILES string of the molecule is CC(=O)OC[C@H]1CC=C[C@@H]1O. The van der Waals surface area contributed by atoms with Crippen LogP contribution in [0.25, 0.3) is 0 Å². The Kier molecular flexibility index (Phi) is 2.65. The number of esters is 1. The predicted molar refractivity (Wildman–Crippen MR) is 39.9 cm³/mol. The molecule has 0 amide bonds. The van der Waals surface area contributed by atoms with E-state index in [4.69, 9.17) is 4.74 Å². The van der Waals surface area contributed by atoms with Crippen molar-refractivity contribution in [2.45, 2.75) is 19.4 Å². The molecule has 11 heavy (non-hydrogen) atoms. The second-order valence-corrected chi connectivity index (χ2v) is 2.72. The van der Waals surface area contributed by atoms with Crippen molar-refractivity contribution in [1.29, 1.82) is 0 Å². The fourth-order valence-corrected chi connectivity index (χ4v) is 1.08. The normalized spacial score (nSPS) is 28.9. The number of ether oxygens (including phenoxy) is 1. The zero-order valence-electron chi connectivity index (χ0n) is 6.49. The van der Waals surface area contributed by atoms with Gasteiger partial charge in [-0.05, 0) is 6.42 Å². The van der Waals surface area contributed by atoms with Gasteiger partial charge in [-0.2, -0.15) is 0 Å². The van der Waals surface area contributed by atoms with Gasteiger partial charge in [0.05, 0.1) is 12.7 Å². The summed E-state index contributed by atoms with van der Waals surface area (Å²) in [6.45, 7) is 1.69. The maximum absolute atomic E-state index is 10.4. The number of aliphatic hydroxyl groups excluding tert-OH is 1. The summed E-state index contributed by atoms with van der Waals surface area (Å²) in [5.74, 6) is -0.219. The molecule has 0 saturated heterocycles. The largest absolute Gasteiger partial charge is 0.465 e. The third-order valence-electron chi connectivity index (χ3n) is 1.76. The number of aliphatic hydroxyl groups is 1. The van der Waals surface area contributed by atoms with Crippen molar-refractivity contribution in [3.05, 3.63) is 12.2 Å². The Morgan fingerprint density at radius 1 is 1.82 bits per heavy atom. The van der Waals surface area contributed by atoms with Crippen LogP contribution in [0.4, 0.5) is 0 Å². The second-order valence-electron chi connectivity index (χ2n) is 2.72. The van der Waals surface area contributed by atoms with Crippen LogP contribution in [-0.2, 0) is 9.53 Å². The molecule has 0 saturated carbocycles. The Balaban J connectivity index is 2.23. The number of carbonyl (C=O) groups is 1. The van der Waals surface area contributed by atoms with E-state index in [0.29, 0.717) is 6.61 Å². The summed E-state index contributed by atoms with van der Waals surface area (Å²) >= 11 is 0. The third kappa shape index (κ3) is 2.35. The number of rotatable bonds is 2. The fourth-order valence-electron chi connectivity index (χ4n) is 1.08. The topological polar surface area (TPSA) is 46.5 Å². The first-order valence-electron chi connectivity index (χ1n) is 3.68. The number of hydrogen-bond donors (Lipinski definition) is 1. The van der Waals surface area contributed by atoms with Crippen molar-refractivity contribution in [1.82, 2.24) is 0 Å². The maximum Gasteiger partial charge on any atom is 0.302 e. The Labute approximate surface area is 65.7 Å². The van der Waals surface area contributed by atoms with E-state index in [1.165, 1.54) is 6.92 Å². The van der Waals surface area contributed by atoms with Crippen molar-refractivity contribution < 1.29 is 14.6 Å². The fraction of sp³-hybridized carbons (Fsp3) is 0.625. The molecule has 0 unspecified atom stereocenters. The first-order chi connectivity index (χ1) is 5.20. The van der Waals surface area contributed by atoms with Gasteiger partial charge in [0.15, 0.2) is 0 Å². The minimum absolute atomic E-state index is 0.0684. The first-order valence-corrected chi connectivity index (χ1v) is 3.68. The summed E-state index contributed by atoms with van der Waals surface area (Å²) in [4.78, 5) is 10.4. The van der Waals surface area contributed by atoms with Crippen LogP contribution in [-0.4, -0.2) is 23.8 Å². The van der Waals surface area contributed by atoms with E-state index in [9.17, 15) is 9.90 Å². The predicted octanol–water partition coefficient (Wildman–Crippen LogP) is 0.486. The minimum Gasteiger partial charge on any atom is -0.465 e. The highest BCUT2D eigenvalue weighted by Crippen LogP contribution is 2.18. The van der Waals surface area contributed by atoms with Crippen LogP contribution in [0.3, 0.4) is 0 Å². The van der Waals surface area contributed by atoms with Gasteiger partial charge in [-0.3, -0.25) is 4.79 Å². The van der Waals surface area contributed by atoms with Crippen LogP contribution in [0, 0.1) is 5.92 Å².